The van der Waals surface area contributed by atoms with Crippen molar-refractivity contribution in [2.24, 2.45) is 4.40 Å². The molecule has 0 radical (unpaired) electrons. The fourth-order valence-corrected chi connectivity index (χ4v) is 3.74. The van der Waals surface area contributed by atoms with Gasteiger partial charge in [0.05, 0.1) is 11.3 Å². The van der Waals surface area contributed by atoms with E-state index in [1.807, 2.05) is 0 Å². The summed E-state index contributed by atoms with van der Waals surface area (Å²) in [5, 5.41) is 6.14. The van der Waals surface area contributed by atoms with E-state index in [-0.39, 0.29) is 17.5 Å². The Morgan fingerprint density at radius 2 is 2.09 bits per heavy atom. The molecule has 0 spiro atoms. The van der Waals surface area contributed by atoms with Gasteiger partial charge in [-0.15, -0.1) is 4.40 Å². The number of carbonyl (C=O) groups excluding carboxylic acids is 1. The van der Waals surface area contributed by atoms with Gasteiger partial charge in [-0.3, -0.25) is 9.69 Å². The normalized spacial score (nSPS) is 23.7. The molecule has 8 nitrogen and oxygen atoms in total. The fourth-order valence-electron chi connectivity index (χ4n) is 2.75. The first-order valence-electron chi connectivity index (χ1n) is 7.75. The van der Waals surface area contributed by atoms with Gasteiger partial charge in [0.1, 0.15) is 0 Å². The van der Waals surface area contributed by atoms with Gasteiger partial charge < -0.3 is 15.5 Å². The number of amidine groups is 1. The summed E-state index contributed by atoms with van der Waals surface area (Å²) in [6.45, 7) is 5.51. The van der Waals surface area contributed by atoms with Gasteiger partial charge in [0, 0.05) is 52.0 Å². The zero-order valence-corrected chi connectivity index (χ0v) is 13.7. The first kappa shape index (κ1) is 16.2. The molecule has 0 aromatic rings. The Kier molecular flexibility index (Phi) is 4.79. The highest BCUT2D eigenvalue weighted by Gasteiger charge is 2.29. The molecule has 2 N–H and O–H groups in total. The maximum atomic E-state index is 12.4. The van der Waals surface area contributed by atoms with Crippen LogP contribution in [-0.4, -0.2) is 81.5 Å². The van der Waals surface area contributed by atoms with Crippen LogP contribution in [0.5, 0.6) is 0 Å². The molecule has 126 valence electrons. The van der Waals surface area contributed by atoms with Crippen LogP contribution in [0.3, 0.4) is 0 Å². The van der Waals surface area contributed by atoms with E-state index in [2.05, 4.69) is 19.9 Å². The summed E-state index contributed by atoms with van der Waals surface area (Å²) in [4.78, 5) is 16.3. The second-order valence-electron chi connectivity index (χ2n) is 5.66. The molecule has 1 saturated heterocycles. The lowest BCUT2D eigenvalue weighted by Crippen LogP contribution is -2.47. The van der Waals surface area contributed by atoms with Crippen molar-refractivity contribution in [2.75, 3.05) is 51.6 Å². The molecule has 0 aromatic carbocycles. The van der Waals surface area contributed by atoms with Crippen molar-refractivity contribution in [1.29, 1.82) is 0 Å². The van der Waals surface area contributed by atoms with E-state index >= 15 is 0 Å². The van der Waals surface area contributed by atoms with Crippen molar-refractivity contribution >= 4 is 21.8 Å². The molecule has 0 aromatic heterocycles. The lowest BCUT2D eigenvalue weighted by atomic mass is 10.1. The minimum atomic E-state index is -3.48. The fraction of sp³-hybridized carbons (Fsp3) is 0.571. The van der Waals surface area contributed by atoms with Crippen LogP contribution in [0.25, 0.3) is 0 Å². The van der Waals surface area contributed by atoms with E-state index in [4.69, 9.17) is 0 Å². The molecule has 1 amide bonds. The largest absolute Gasteiger partial charge is 0.351 e. The maximum absolute atomic E-state index is 12.4. The van der Waals surface area contributed by atoms with E-state index < -0.39 is 10.0 Å². The minimum Gasteiger partial charge on any atom is -0.351 e. The number of nitrogens with one attached hydrogen (secondary N) is 2. The van der Waals surface area contributed by atoms with Crippen LogP contribution in [0.4, 0.5) is 0 Å². The van der Waals surface area contributed by atoms with E-state index in [0.29, 0.717) is 18.7 Å². The predicted molar refractivity (Wildman–Crippen MR) is 87.5 cm³/mol. The topological polar surface area (TPSA) is 94.1 Å². The Morgan fingerprint density at radius 1 is 1.30 bits per heavy atom. The Hall–Kier alpha value is -1.71. The van der Waals surface area contributed by atoms with Crippen LogP contribution in [0.1, 0.15) is 0 Å². The Labute approximate surface area is 136 Å². The van der Waals surface area contributed by atoms with Gasteiger partial charge >= 0.3 is 0 Å². The smallest absolute Gasteiger partial charge is 0.256 e. The number of carbonyl (C=O) groups is 1. The molecule has 0 bridgehead atoms. The SMILES string of the molecule is O=C(NCCN1CCNCC1)C1=CC=CN2CCS(=O)(=O)N=C12. The summed E-state index contributed by atoms with van der Waals surface area (Å²) < 4.78 is 27.1. The number of amides is 1. The monoisotopic (exact) mass is 339 g/mol. The van der Waals surface area contributed by atoms with Crippen molar-refractivity contribution in [3.8, 4) is 0 Å². The van der Waals surface area contributed by atoms with Gasteiger partial charge in [-0.2, -0.15) is 0 Å². The standard InChI is InChI=1S/C14H21N5O3S/c20-14(16-5-9-18-7-3-15-4-8-18)12-2-1-6-19-10-11-23(21,22)17-13(12)19/h1-2,6,15H,3-5,7-11H2,(H,16,20). The van der Waals surface area contributed by atoms with Crippen LogP contribution in [0, 0.1) is 0 Å². The average molecular weight is 339 g/mol. The molecule has 3 heterocycles. The average Bonchev–Trinajstić information content (AvgIpc) is 2.54. The minimum absolute atomic E-state index is 0.0290. The van der Waals surface area contributed by atoms with Gasteiger partial charge in [-0.05, 0) is 12.2 Å². The molecule has 3 aliphatic heterocycles. The van der Waals surface area contributed by atoms with Gasteiger partial charge in [0.15, 0.2) is 5.84 Å². The highest BCUT2D eigenvalue weighted by molar-refractivity contribution is 7.90. The van der Waals surface area contributed by atoms with Crippen molar-refractivity contribution in [1.82, 2.24) is 20.4 Å². The molecule has 3 rings (SSSR count). The third kappa shape index (κ3) is 3.98. The lowest BCUT2D eigenvalue weighted by Gasteiger charge is -2.29. The third-order valence-electron chi connectivity index (χ3n) is 4.03. The number of rotatable bonds is 4. The molecule has 0 atom stereocenters. The number of hydrogen-bond donors (Lipinski definition) is 2. The van der Waals surface area contributed by atoms with Crippen molar-refractivity contribution in [2.45, 2.75) is 0 Å². The van der Waals surface area contributed by atoms with E-state index in [0.717, 1.165) is 32.7 Å². The lowest BCUT2D eigenvalue weighted by molar-refractivity contribution is -0.117. The Balaban J connectivity index is 1.61. The summed E-state index contributed by atoms with van der Waals surface area (Å²) in [6.07, 6.45) is 5.09. The molecular formula is C14H21N5O3S. The van der Waals surface area contributed by atoms with E-state index in [9.17, 15) is 13.2 Å². The summed E-state index contributed by atoms with van der Waals surface area (Å²) >= 11 is 0. The second kappa shape index (κ2) is 6.81. The second-order valence-corrected chi connectivity index (χ2v) is 7.42. The van der Waals surface area contributed by atoms with Crippen LogP contribution in [0.15, 0.2) is 28.3 Å². The maximum Gasteiger partial charge on any atom is 0.256 e. The summed E-state index contributed by atoms with van der Waals surface area (Å²) in [7, 11) is -3.48. The van der Waals surface area contributed by atoms with Gasteiger partial charge in [0.2, 0.25) is 0 Å². The quantitative estimate of drug-likeness (QED) is 0.648. The number of fused-ring (bicyclic) bond motifs is 1. The van der Waals surface area contributed by atoms with Crippen LogP contribution in [-0.2, 0) is 14.8 Å². The Morgan fingerprint density at radius 3 is 2.87 bits per heavy atom. The van der Waals surface area contributed by atoms with E-state index in [1.54, 1.807) is 23.3 Å². The molecule has 3 aliphatic rings. The highest BCUT2D eigenvalue weighted by Crippen LogP contribution is 2.17. The molecule has 1 fully saturated rings. The highest BCUT2D eigenvalue weighted by atomic mass is 32.2. The number of allylic oxidation sites excluding steroid dienone is 2. The van der Waals surface area contributed by atoms with Gasteiger partial charge in [0.25, 0.3) is 15.9 Å². The van der Waals surface area contributed by atoms with Crippen molar-refractivity contribution < 1.29 is 13.2 Å². The molecule has 0 aliphatic carbocycles. The molecule has 23 heavy (non-hydrogen) atoms. The zero-order valence-electron chi connectivity index (χ0n) is 12.9. The molecular weight excluding hydrogens is 318 g/mol. The van der Waals surface area contributed by atoms with Crippen LogP contribution >= 0.6 is 0 Å². The summed E-state index contributed by atoms with van der Waals surface area (Å²) in [5.41, 5.74) is 0.302. The summed E-state index contributed by atoms with van der Waals surface area (Å²) in [5.74, 6) is -0.0950. The molecule has 0 unspecified atom stereocenters. The molecule has 9 heteroatoms. The third-order valence-corrected chi connectivity index (χ3v) is 5.17. The van der Waals surface area contributed by atoms with Crippen molar-refractivity contribution in [3.05, 3.63) is 23.9 Å². The first-order chi connectivity index (χ1) is 11.1. The first-order valence-corrected chi connectivity index (χ1v) is 9.35. The van der Waals surface area contributed by atoms with Gasteiger partial charge in [-0.25, -0.2) is 8.42 Å². The number of nitrogens with zero attached hydrogens (tertiary/aromatic N) is 3. The summed E-state index contributed by atoms with van der Waals surface area (Å²) in [6, 6.07) is 0. The van der Waals surface area contributed by atoms with Crippen LogP contribution in [0.2, 0.25) is 0 Å². The molecule has 0 saturated carbocycles. The number of sulfonamides is 1. The number of piperazine rings is 1. The van der Waals surface area contributed by atoms with E-state index in [1.165, 1.54) is 0 Å². The van der Waals surface area contributed by atoms with Gasteiger partial charge in [-0.1, -0.05) is 0 Å². The Bertz CT molecular complexity index is 662. The number of hydrogen-bond acceptors (Lipinski definition) is 6. The van der Waals surface area contributed by atoms with Crippen LogP contribution < -0.4 is 10.6 Å². The predicted octanol–water partition coefficient (Wildman–Crippen LogP) is -1.49. The van der Waals surface area contributed by atoms with Crippen molar-refractivity contribution in [3.63, 3.8) is 0 Å². The zero-order chi connectivity index (χ0) is 16.3.